The molecule has 2 saturated heterocycles. The van der Waals surface area contributed by atoms with Gasteiger partial charge in [-0.2, -0.15) is 4.99 Å². The molecule has 2 heterocycles. The molecule has 0 bridgehead atoms. The standard InChI is InChI=1S/C20H18Cl2N2O4S2/c21-14-5-7-15(8-6-14)28-10-19(25)23-20-24(9-13-3-1-2-4-16(13)22)17-11-30(26,27)12-18(17)29-20/h1-8,17-18H,9-12H2/t17-,18-/m1/s1. The Kier molecular flexibility index (Phi) is 6.29. The van der Waals surface area contributed by atoms with Crippen molar-refractivity contribution >= 4 is 55.9 Å². The quantitative estimate of drug-likeness (QED) is 0.644. The predicted octanol–water partition coefficient (Wildman–Crippen LogP) is 3.67. The van der Waals surface area contributed by atoms with Gasteiger partial charge in [-0.05, 0) is 35.9 Å². The average Bonchev–Trinajstić information content (AvgIpc) is 3.15. The summed E-state index contributed by atoms with van der Waals surface area (Å²) >= 11 is 13.5. The molecule has 2 aromatic rings. The number of rotatable bonds is 5. The normalized spacial score (nSPS) is 23.5. The molecule has 2 aliphatic heterocycles. The Hall–Kier alpha value is -1.74. The van der Waals surface area contributed by atoms with E-state index in [1.807, 2.05) is 23.1 Å². The highest BCUT2D eigenvalue weighted by Gasteiger charge is 2.48. The molecule has 0 saturated carbocycles. The molecule has 6 nitrogen and oxygen atoms in total. The number of carbonyl (C=O) groups is 1. The molecule has 0 aliphatic carbocycles. The smallest absolute Gasteiger partial charge is 0.285 e. The fourth-order valence-electron chi connectivity index (χ4n) is 3.45. The summed E-state index contributed by atoms with van der Waals surface area (Å²) in [6.45, 7) is 0.159. The highest BCUT2D eigenvalue weighted by molar-refractivity contribution is 8.15. The molecule has 0 unspecified atom stereocenters. The maximum Gasteiger partial charge on any atom is 0.285 e. The van der Waals surface area contributed by atoms with E-state index in [0.29, 0.717) is 27.5 Å². The Balaban J connectivity index is 1.51. The highest BCUT2D eigenvalue weighted by Crippen LogP contribution is 2.39. The van der Waals surface area contributed by atoms with Crippen molar-refractivity contribution < 1.29 is 17.9 Å². The molecule has 30 heavy (non-hydrogen) atoms. The van der Waals surface area contributed by atoms with Crippen LogP contribution in [0, 0.1) is 0 Å². The number of thioether (sulfide) groups is 1. The minimum atomic E-state index is -3.11. The van der Waals surface area contributed by atoms with Crippen molar-refractivity contribution in [1.82, 2.24) is 4.90 Å². The SMILES string of the molecule is O=C(COc1ccc(Cl)cc1)N=C1S[C@@H]2CS(=O)(=O)C[C@H]2N1Cc1ccccc1Cl. The zero-order chi connectivity index (χ0) is 21.3. The number of amides is 1. The fraction of sp³-hybridized carbons (Fsp3) is 0.300. The summed E-state index contributed by atoms with van der Waals surface area (Å²) in [5.41, 5.74) is 0.849. The van der Waals surface area contributed by atoms with Gasteiger partial charge in [0, 0.05) is 21.8 Å². The van der Waals surface area contributed by atoms with E-state index in [4.69, 9.17) is 27.9 Å². The van der Waals surface area contributed by atoms with Crippen LogP contribution in [0.1, 0.15) is 5.56 Å². The average molecular weight is 485 g/mol. The third-order valence-corrected chi connectivity index (χ3v) is 8.74. The van der Waals surface area contributed by atoms with Crippen LogP contribution < -0.4 is 4.74 Å². The van der Waals surface area contributed by atoms with Crippen LogP contribution in [0.5, 0.6) is 5.75 Å². The largest absolute Gasteiger partial charge is 0.484 e. The van der Waals surface area contributed by atoms with E-state index in [0.717, 1.165) is 5.56 Å². The van der Waals surface area contributed by atoms with E-state index in [2.05, 4.69) is 4.99 Å². The van der Waals surface area contributed by atoms with Crippen LogP contribution in [-0.2, 0) is 21.2 Å². The van der Waals surface area contributed by atoms with Crippen LogP contribution in [0.25, 0.3) is 0 Å². The lowest BCUT2D eigenvalue weighted by molar-refractivity contribution is -0.119. The molecule has 2 atom stereocenters. The van der Waals surface area contributed by atoms with Crippen LogP contribution in [0.2, 0.25) is 10.0 Å². The topological polar surface area (TPSA) is 76.0 Å². The monoisotopic (exact) mass is 484 g/mol. The van der Waals surface area contributed by atoms with Gasteiger partial charge in [-0.1, -0.05) is 53.2 Å². The van der Waals surface area contributed by atoms with Gasteiger partial charge < -0.3 is 9.64 Å². The molecule has 10 heteroatoms. The third kappa shape index (κ3) is 4.94. The minimum Gasteiger partial charge on any atom is -0.484 e. The van der Waals surface area contributed by atoms with E-state index in [1.165, 1.54) is 11.8 Å². The van der Waals surface area contributed by atoms with Gasteiger partial charge in [0.15, 0.2) is 21.6 Å². The van der Waals surface area contributed by atoms with Crippen molar-refractivity contribution in [3.63, 3.8) is 0 Å². The van der Waals surface area contributed by atoms with Crippen molar-refractivity contribution in [2.75, 3.05) is 18.1 Å². The lowest BCUT2D eigenvalue weighted by Crippen LogP contribution is -2.37. The number of nitrogens with zero attached hydrogens (tertiary/aromatic N) is 2. The Morgan fingerprint density at radius 3 is 2.60 bits per heavy atom. The zero-order valence-corrected chi connectivity index (χ0v) is 18.8. The summed E-state index contributed by atoms with van der Waals surface area (Å²) in [4.78, 5) is 18.5. The maximum absolute atomic E-state index is 12.4. The lowest BCUT2D eigenvalue weighted by atomic mass is 10.1. The van der Waals surface area contributed by atoms with Crippen LogP contribution in [0.3, 0.4) is 0 Å². The van der Waals surface area contributed by atoms with Crippen molar-refractivity contribution in [3.8, 4) is 5.75 Å². The summed E-state index contributed by atoms with van der Waals surface area (Å²) < 4.78 is 29.7. The number of fused-ring (bicyclic) bond motifs is 1. The molecular formula is C20H18Cl2N2O4S2. The van der Waals surface area contributed by atoms with Gasteiger partial charge in [0.25, 0.3) is 5.91 Å². The molecule has 0 aromatic heterocycles. The molecule has 0 spiro atoms. The second-order valence-corrected chi connectivity index (χ2v) is 11.3. The minimum absolute atomic E-state index is 0.0452. The van der Waals surface area contributed by atoms with Crippen molar-refractivity contribution in [3.05, 3.63) is 64.1 Å². The Morgan fingerprint density at radius 1 is 1.13 bits per heavy atom. The van der Waals surface area contributed by atoms with E-state index < -0.39 is 15.7 Å². The predicted molar refractivity (Wildman–Crippen MR) is 120 cm³/mol. The van der Waals surface area contributed by atoms with Gasteiger partial charge >= 0.3 is 0 Å². The third-order valence-electron chi connectivity index (χ3n) is 4.87. The lowest BCUT2D eigenvalue weighted by Gasteiger charge is -2.25. The van der Waals surface area contributed by atoms with Gasteiger partial charge in [0.2, 0.25) is 0 Å². The number of carbonyl (C=O) groups excluding carboxylic acids is 1. The molecule has 0 N–H and O–H groups in total. The Bertz CT molecular complexity index is 1090. The van der Waals surface area contributed by atoms with E-state index in [9.17, 15) is 13.2 Å². The van der Waals surface area contributed by atoms with E-state index >= 15 is 0 Å². The number of hydrogen-bond acceptors (Lipinski definition) is 5. The van der Waals surface area contributed by atoms with Gasteiger partial charge in [-0.15, -0.1) is 0 Å². The molecule has 2 fully saturated rings. The van der Waals surface area contributed by atoms with E-state index in [-0.39, 0.29) is 29.4 Å². The first-order chi connectivity index (χ1) is 14.3. The summed E-state index contributed by atoms with van der Waals surface area (Å²) in [5.74, 6) is 0.196. The highest BCUT2D eigenvalue weighted by atomic mass is 35.5. The number of amidine groups is 1. The van der Waals surface area contributed by atoms with Gasteiger partial charge in [-0.3, -0.25) is 4.79 Å². The summed E-state index contributed by atoms with van der Waals surface area (Å²) in [6.07, 6.45) is 0. The number of aliphatic imine (C=N–C) groups is 1. The first-order valence-electron chi connectivity index (χ1n) is 9.18. The van der Waals surface area contributed by atoms with Gasteiger partial charge in [0.05, 0.1) is 17.5 Å². The molecule has 4 rings (SSSR count). The van der Waals surface area contributed by atoms with Crippen LogP contribution in [0.15, 0.2) is 53.5 Å². The number of benzene rings is 2. The van der Waals surface area contributed by atoms with Crippen molar-refractivity contribution in [2.45, 2.75) is 17.8 Å². The summed E-state index contributed by atoms with van der Waals surface area (Å²) in [6, 6.07) is 13.8. The number of halogens is 2. The Labute approximate surface area is 189 Å². The molecular weight excluding hydrogens is 467 g/mol. The molecule has 158 valence electrons. The number of hydrogen-bond donors (Lipinski definition) is 0. The van der Waals surface area contributed by atoms with Gasteiger partial charge in [-0.25, -0.2) is 8.42 Å². The van der Waals surface area contributed by atoms with Gasteiger partial charge in [0.1, 0.15) is 5.75 Å². The van der Waals surface area contributed by atoms with Crippen molar-refractivity contribution in [2.24, 2.45) is 4.99 Å². The summed E-state index contributed by atoms with van der Waals surface area (Å²) in [7, 11) is -3.11. The fourth-order valence-corrected chi connectivity index (χ4v) is 7.74. The summed E-state index contributed by atoms with van der Waals surface area (Å²) in [5, 5.41) is 1.52. The first kappa shape index (κ1) is 21.5. The second-order valence-electron chi connectivity index (χ2n) is 7.05. The number of sulfone groups is 1. The molecule has 0 radical (unpaired) electrons. The molecule has 2 aliphatic rings. The first-order valence-corrected chi connectivity index (χ1v) is 12.6. The molecule has 2 aromatic carbocycles. The van der Waals surface area contributed by atoms with Crippen LogP contribution >= 0.6 is 35.0 Å². The number of ether oxygens (including phenoxy) is 1. The maximum atomic E-state index is 12.4. The van der Waals surface area contributed by atoms with Crippen LogP contribution in [0.4, 0.5) is 0 Å². The second kappa shape index (κ2) is 8.78. The molecule has 1 amide bonds. The van der Waals surface area contributed by atoms with Crippen LogP contribution in [-0.4, -0.2) is 53.8 Å². The van der Waals surface area contributed by atoms with Crippen molar-refractivity contribution in [1.29, 1.82) is 0 Å². The zero-order valence-electron chi connectivity index (χ0n) is 15.7. The Morgan fingerprint density at radius 2 is 1.87 bits per heavy atom. The van der Waals surface area contributed by atoms with E-state index in [1.54, 1.807) is 30.3 Å².